The van der Waals surface area contributed by atoms with Crippen LogP contribution in [0.5, 0.6) is 0 Å². The number of aryl methyl sites for hydroxylation is 3. The smallest absolute Gasteiger partial charge is 0.272 e. The van der Waals surface area contributed by atoms with Gasteiger partial charge in [0, 0.05) is 20.3 Å². The van der Waals surface area contributed by atoms with Crippen molar-refractivity contribution in [2.75, 3.05) is 5.73 Å². The van der Waals surface area contributed by atoms with Crippen LogP contribution < -0.4 is 11.1 Å². The van der Waals surface area contributed by atoms with Gasteiger partial charge in [0.25, 0.3) is 5.91 Å². The van der Waals surface area contributed by atoms with Crippen LogP contribution in [0.4, 0.5) is 5.69 Å². The molecule has 0 saturated heterocycles. The zero-order valence-corrected chi connectivity index (χ0v) is 10.6. The van der Waals surface area contributed by atoms with Crippen LogP contribution in [-0.2, 0) is 20.6 Å². The summed E-state index contributed by atoms with van der Waals surface area (Å²) in [5.74, 6) is -0.239. The van der Waals surface area contributed by atoms with Crippen LogP contribution in [0.2, 0.25) is 0 Å². The Hall–Kier alpha value is -2.31. The van der Waals surface area contributed by atoms with Crippen LogP contribution in [0, 0.1) is 6.92 Å². The maximum absolute atomic E-state index is 12.0. The third kappa shape index (κ3) is 2.06. The number of nitrogens with zero attached hydrogens (tertiary/aromatic N) is 4. The summed E-state index contributed by atoms with van der Waals surface area (Å²) >= 11 is 0. The Balaban J connectivity index is 2.11. The highest BCUT2D eigenvalue weighted by Gasteiger charge is 2.17. The number of amides is 1. The molecule has 0 fully saturated rings. The van der Waals surface area contributed by atoms with Crippen molar-refractivity contribution in [2.24, 2.45) is 14.1 Å². The van der Waals surface area contributed by atoms with Gasteiger partial charge >= 0.3 is 0 Å². The van der Waals surface area contributed by atoms with Crippen LogP contribution in [0.3, 0.4) is 0 Å². The number of hydrogen-bond donors (Lipinski definition) is 2. The number of nitrogen functional groups attached to an aromatic ring is 1. The Morgan fingerprint density at radius 2 is 2.17 bits per heavy atom. The van der Waals surface area contributed by atoms with Gasteiger partial charge in [-0.3, -0.25) is 14.2 Å². The number of anilines is 1. The zero-order chi connectivity index (χ0) is 13.3. The van der Waals surface area contributed by atoms with Gasteiger partial charge in [0.15, 0.2) is 0 Å². The summed E-state index contributed by atoms with van der Waals surface area (Å²) in [7, 11) is 3.52. The number of aromatic nitrogens is 4. The molecule has 0 saturated carbocycles. The van der Waals surface area contributed by atoms with E-state index < -0.39 is 0 Å². The lowest BCUT2D eigenvalue weighted by Crippen LogP contribution is -2.26. The van der Waals surface area contributed by atoms with Crippen molar-refractivity contribution in [3.05, 3.63) is 29.3 Å². The topological polar surface area (TPSA) is 90.8 Å². The molecule has 3 N–H and O–H groups in total. The van der Waals surface area contributed by atoms with Crippen molar-refractivity contribution in [1.29, 1.82) is 0 Å². The molecule has 7 nitrogen and oxygen atoms in total. The van der Waals surface area contributed by atoms with E-state index in [0.29, 0.717) is 23.6 Å². The molecule has 96 valence electrons. The first-order valence-corrected chi connectivity index (χ1v) is 5.55. The molecular formula is C11H16N6O. The molecule has 0 aliphatic rings. The van der Waals surface area contributed by atoms with E-state index in [1.165, 1.54) is 4.68 Å². The minimum atomic E-state index is -0.239. The van der Waals surface area contributed by atoms with Crippen LogP contribution >= 0.6 is 0 Å². The zero-order valence-electron chi connectivity index (χ0n) is 10.6. The van der Waals surface area contributed by atoms with Crippen LogP contribution in [0.15, 0.2) is 12.3 Å². The van der Waals surface area contributed by atoms with Crippen molar-refractivity contribution in [3.8, 4) is 0 Å². The summed E-state index contributed by atoms with van der Waals surface area (Å²) < 4.78 is 3.20. The first kappa shape index (κ1) is 12.2. The summed E-state index contributed by atoms with van der Waals surface area (Å²) in [6, 6.07) is 1.85. The van der Waals surface area contributed by atoms with Crippen molar-refractivity contribution >= 4 is 11.6 Å². The Morgan fingerprint density at radius 1 is 1.44 bits per heavy atom. The lowest BCUT2D eigenvalue weighted by Gasteiger charge is -2.06. The predicted molar refractivity (Wildman–Crippen MR) is 66.7 cm³/mol. The molecule has 1 amide bonds. The average molecular weight is 248 g/mol. The molecule has 0 spiro atoms. The minimum Gasteiger partial charge on any atom is -0.395 e. The van der Waals surface area contributed by atoms with Gasteiger partial charge < -0.3 is 11.1 Å². The van der Waals surface area contributed by atoms with Gasteiger partial charge in [0.1, 0.15) is 5.69 Å². The van der Waals surface area contributed by atoms with E-state index >= 15 is 0 Å². The van der Waals surface area contributed by atoms with E-state index in [1.54, 1.807) is 24.9 Å². The van der Waals surface area contributed by atoms with Gasteiger partial charge in [-0.1, -0.05) is 0 Å². The summed E-state index contributed by atoms with van der Waals surface area (Å²) in [4.78, 5) is 12.0. The summed E-state index contributed by atoms with van der Waals surface area (Å²) in [5.41, 5.74) is 8.20. The van der Waals surface area contributed by atoms with E-state index in [1.807, 2.05) is 13.1 Å². The van der Waals surface area contributed by atoms with E-state index in [0.717, 1.165) is 5.69 Å². The highest BCUT2D eigenvalue weighted by atomic mass is 16.2. The maximum atomic E-state index is 12.0. The fourth-order valence-corrected chi connectivity index (χ4v) is 1.77. The van der Waals surface area contributed by atoms with Crippen molar-refractivity contribution in [3.63, 3.8) is 0 Å². The fourth-order valence-electron chi connectivity index (χ4n) is 1.77. The first-order chi connectivity index (χ1) is 8.50. The number of carbonyl (C=O) groups excluding carboxylic acids is 1. The molecule has 0 radical (unpaired) electrons. The van der Waals surface area contributed by atoms with Crippen molar-refractivity contribution in [1.82, 2.24) is 24.9 Å². The quantitative estimate of drug-likeness (QED) is 0.798. The minimum absolute atomic E-state index is 0.239. The second-order valence-electron chi connectivity index (χ2n) is 4.10. The molecule has 2 rings (SSSR count). The fraction of sp³-hybridized carbons (Fsp3) is 0.364. The third-order valence-corrected chi connectivity index (χ3v) is 2.84. The molecule has 18 heavy (non-hydrogen) atoms. The Morgan fingerprint density at radius 3 is 2.67 bits per heavy atom. The second-order valence-corrected chi connectivity index (χ2v) is 4.10. The third-order valence-electron chi connectivity index (χ3n) is 2.84. The molecule has 0 aliphatic carbocycles. The highest BCUT2D eigenvalue weighted by molar-refractivity contribution is 5.97. The van der Waals surface area contributed by atoms with E-state index in [9.17, 15) is 4.79 Å². The summed E-state index contributed by atoms with van der Waals surface area (Å²) in [6.07, 6.45) is 1.68. The highest BCUT2D eigenvalue weighted by Crippen LogP contribution is 2.14. The first-order valence-electron chi connectivity index (χ1n) is 5.55. The molecule has 0 atom stereocenters. The van der Waals surface area contributed by atoms with Crippen LogP contribution in [0.1, 0.15) is 21.9 Å². The van der Waals surface area contributed by atoms with Gasteiger partial charge in [0.05, 0.1) is 23.6 Å². The molecular weight excluding hydrogens is 232 g/mol. The predicted octanol–water partition coefficient (Wildman–Crippen LogP) is -0.0258. The molecule has 2 heterocycles. The Bertz CT molecular complexity index is 582. The van der Waals surface area contributed by atoms with Gasteiger partial charge in [0.2, 0.25) is 0 Å². The number of carbonyl (C=O) groups is 1. The van der Waals surface area contributed by atoms with E-state index in [2.05, 4.69) is 15.5 Å². The molecule has 0 bridgehead atoms. The lowest BCUT2D eigenvalue weighted by atomic mass is 10.3. The number of nitrogens with two attached hydrogens (primary N) is 1. The molecule has 2 aromatic heterocycles. The Labute approximate surface area is 105 Å². The molecule has 0 aromatic carbocycles. The van der Waals surface area contributed by atoms with Crippen LogP contribution in [0.25, 0.3) is 0 Å². The van der Waals surface area contributed by atoms with Crippen LogP contribution in [-0.4, -0.2) is 25.5 Å². The molecule has 0 unspecified atom stereocenters. The van der Waals surface area contributed by atoms with E-state index in [-0.39, 0.29) is 5.91 Å². The standard InChI is InChI=1S/C11H16N6O/c1-7-9(12)10(17(3)15-7)11(18)13-6-8-4-5-14-16(8)2/h4-5H,6,12H2,1-3H3,(H,13,18). The van der Waals surface area contributed by atoms with Crippen molar-refractivity contribution < 1.29 is 4.79 Å². The molecule has 0 aliphatic heterocycles. The van der Waals surface area contributed by atoms with E-state index in [4.69, 9.17) is 5.73 Å². The Kier molecular flexibility index (Phi) is 3.05. The summed E-state index contributed by atoms with van der Waals surface area (Å²) in [5, 5.41) is 10.9. The lowest BCUT2D eigenvalue weighted by molar-refractivity contribution is 0.0941. The number of nitrogens with one attached hydrogen (secondary N) is 1. The number of rotatable bonds is 3. The average Bonchev–Trinajstić information content (AvgIpc) is 2.81. The SMILES string of the molecule is Cc1nn(C)c(C(=O)NCc2ccnn2C)c1N. The maximum Gasteiger partial charge on any atom is 0.272 e. The number of hydrogen-bond acceptors (Lipinski definition) is 4. The summed E-state index contributed by atoms with van der Waals surface area (Å²) in [6.45, 7) is 2.17. The largest absolute Gasteiger partial charge is 0.395 e. The van der Waals surface area contributed by atoms with Gasteiger partial charge in [-0.15, -0.1) is 0 Å². The molecule has 7 heteroatoms. The van der Waals surface area contributed by atoms with Gasteiger partial charge in [-0.05, 0) is 13.0 Å². The van der Waals surface area contributed by atoms with Crippen molar-refractivity contribution in [2.45, 2.75) is 13.5 Å². The normalized spacial score (nSPS) is 10.6. The van der Waals surface area contributed by atoms with Gasteiger partial charge in [-0.2, -0.15) is 10.2 Å². The van der Waals surface area contributed by atoms with Gasteiger partial charge in [-0.25, -0.2) is 0 Å². The monoisotopic (exact) mass is 248 g/mol. The second kappa shape index (κ2) is 4.52. The molecule has 2 aromatic rings.